The van der Waals surface area contributed by atoms with Gasteiger partial charge in [0, 0.05) is 11.1 Å². The minimum atomic E-state index is 0.827. The quantitative estimate of drug-likeness (QED) is 0.572. The molecule has 0 aliphatic rings. The molecule has 0 fully saturated rings. The topological polar surface area (TPSA) is 38.9 Å². The molecule has 2 aromatic heterocycles. The van der Waals surface area contributed by atoms with Crippen molar-refractivity contribution in [2.75, 3.05) is 0 Å². The van der Waals surface area contributed by atoms with Crippen molar-refractivity contribution < 1.29 is 4.52 Å². The van der Waals surface area contributed by atoms with Gasteiger partial charge in [-0.1, -0.05) is 5.16 Å². The van der Waals surface area contributed by atoms with Gasteiger partial charge < -0.3 is 4.52 Å². The van der Waals surface area contributed by atoms with Crippen LogP contribution in [-0.2, 0) is 0 Å². The van der Waals surface area contributed by atoms with E-state index in [-0.39, 0.29) is 0 Å². The van der Waals surface area contributed by atoms with Gasteiger partial charge in [0.15, 0.2) is 0 Å². The van der Waals surface area contributed by atoms with Gasteiger partial charge in [-0.15, -0.1) is 0 Å². The molecule has 3 nitrogen and oxygen atoms in total. The molecule has 0 aliphatic carbocycles. The van der Waals surface area contributed by atoms with Gasteiger partial charge in [0.05, 0.1) is 6.20 Å². The first-order valence-electron chi connectivity index (χ1n) is 3.46. The van der Waals surface area contributed by atoms with E-state index >= 15 is 0 Å². The van der Waals surface area contributed by atoms with E-state index in [1.54, 1.807) is 6.20 Å². The van der Waals surface area contributed by atoms with Crippen LogP contribution >= 0.6 is 0 Å². The molecule has 11 heavy (non-hydrogen) atoms. The van der Waals surface area contributed by atoms with Crippen LogP contribution in [0.25, 0.3) is 10.9 Å². The van der Waals surface area contributed by atoms with E-state index in [2.05, 4.69) is 10.1 Å². The highest BCUT2D eigenvalue weighted by Gasteiger charge is 2.02. The van der Waals surface area contributed by atoms with Gasteiger partial charge >= 0.3 is 0 Å². The van der Waals surface area contributed by atoms with Crippen molar-refractivity contribution in [3.05, 3.63) is 23.7 Å². The second-order valence-corrected chi connectivity index (χ2v) is 2.58. The van der Waals surface area contributed by atoms with Gasteiger partial charge in [-0.25, -0.2) is 0 Å². The van der Waals surface area contributed by atoms with E-state index in [9.17, 15) is 0 Å². The maximum atomic E-state index is 4.98. The fourth-order valence-electron chi connectivity index (χ4n) is 1.07. The highest BCUT2D eigenvalue weighted by atomic mass is 16.5. The Balaban J connectivity index is 2.87. The largest absolute Gasteiger partial charge is 0.360 e. The number of aryl methyl sites for hydroxylation is 2. The SMILES string of the molecule is Cc1cc2c(C)onc2cn1. The second kappa shape index (κ2) is 2.05. The molecule has 0 amide bonds. The molecule has 2 aromatic rings. The molecule has 0 saturated carbocycles. The van der Waals surface area contributed by atoms with Crippen molar-refractivity contribution in [2.45, 2.75) is 13.8 Å². The number of aromatic nitrogens is 2. The Morgan fingerprint density at radius 3 is 3.00 bits per heavy atom. The van der Waals surface area contributed by atoms with Gasteiger partial charge in [0.25, 0.3) is 0 Å². The van der Waals surface area contributed by atoms with E-state index < -0.39 is 0 Å². The van der Waals surface area contributed by atoms with Gasteiger partial charge in [0.1, 0.15) is 11.3 Å². The Labute approximate surface area is 64.0 Å². The van der Waals surface area contributed by atoms with Crippen LogP contribution in [0.4, 0.5) is 0 Å². The van der Waals surface area contributed by atoms with Gasteiger partial charge in [-0.05, 0) is 19.9 Å². The molecule has 3 heteroatoms. The van der Waals surface area contributed by atoms with Gasteiger partial charge in [-0.3, -0.25) is 4.98 Å². The molecule has 0 atom stereocenters. The summed E-state index contributed by atoms with van der Waals surface area (Å²) in [6.07, 6.45) is 1.72. The van der Waals surface area contributed by atoms with Gasteiger partial charge in [0.2, 0.25) is 0 Å². The zero-order valence-corrected chi connectivity index (χ0v) is 6.46. The van der Waals surface area contributed by atoms with Crippen molar-refractivity contribution in [2.24, 2.45) is 0 Å². The first-order chi connectivity index (χ1) is 5.27. The van der Waals surface area contributed by atoms with Crippen molar-refractivity contribution in [1.82, 2.24) is 10.1 Å². The predicted octanol–water partition coefficient (Wildman–Crippen LogP) is 1.84. The van der Waals surface area contributed by atoms with E-state index in [4.69, 9.17) is 4.52 Å². The first-order valence-corrected chi connectivity index (χ1v) is 3.46. The Morgan fingerprint density at radius 1 is 1.36 bits per heavy atom. The lowest BCUT2D eigenvalue weighted by Crippen LogP contribution is -1.78. The molecule has 0 unspecified atom stereocenters. The standard InChI is InChI=1S/C8H8N2O/c1-5-3-7-6(2)11-10-8(7)4-9-5/h3-4H,1-2H3. The fourth-order valence-corrected chi connectivity index (χ4v) is 1.07. The smallest absolute Gasteiger partial charge is 0.141 e. The van der Waals surface area contributed by atoms with Crippen molar-refractivity contribution >= 4 is 10.9 Å². The average Bonchev–Trinajstić information content (AvgIpc) is 2.33. The summed E-state index contributed by atoms with van der Waals surface area (Å²) < 4.78 is 4.98. The third-order valence-corrected chi connectivity index (χ3v) is 1.68. The summed E-state index contributed by atoms with van der Waals surface area (Å²) in [6.45, 7) is 3.85. The molecule has 2 rings (SSSR count). The van der Waals surface area contributed by atoms with E-state index in [0.29, 0.717) is 0 Å². The summed E-state index contributed by atoms with van der Waals surface area (Å²) in [5.41, 5.74) is 1.82. The zero-order valence-electron chi connectivity index (χ0n) is 6.46. The number of pyridine rings is 1. The molecule has 2 heterocycles. The maximum absolute atomic E-state index is 4.98. The Hall–Kier alpha value is -1.38. The molecule has 56 valence electrons. The van der Waals surface area contributed by atoms with Crippen LogP contribution < -0.4 is 0 Å². The third-order valence-electron chi connectivity index (χ3n) is 1.68. The summed E-state index contributed by atoms with van der Waals surface area (Å²) >= 11 is 0. The normalized spacial score (nSPS) is 10.7. The molecular weight excluding hydrogens is 140 g/mol. The van der Waals surface area contributed by atoms with Crippen LogP contribution in [0.15, 0.2) is 16.8 Å². The Kier molecular flexibility index (Phi) is 1.18. The molecule has 0 radical (unpaired) electrons. The summed E-state index contributed by atoms with van der Waals surface area (Å²) in [4.78, 5) is 4.10. The number of fused-ring (bicyclic) bond motifs is 1. The number of nitrogens with zero attached hydrogens (tertiary/aromatic N) is 2. The fraction of sp³-hybridized carbons (Fsp3) is 0.250. The molecule has 0 aromatic carbocycles. The van der Waals surface area contributed by atoms with Crippen LogP contribution in [0, 0.1) is 13.8 Å². The Bertz CT molecular complexity index is 392. The molecule has 0 saturated heterocycles. The molecular formula is C8H8N2O. The second-order valence-electron chi connectivity index (χ2n) is 2.58. The lowest BCUT2D eigenvalue weighted by molar-refractivity contribution is 0.405. The van der Waals surface area contributed by atoms with Crippen molar-refractivity contribution in [1.29, 1.82) is 0 Å². The molecule has 0 aliphatic heterocycles. The minimum Gasteiger partial charge on any atom is -0.360 e. The van der Waals surface area contributed by atoms with E-state index in [1.165, 1.54) is 0 Å². The van der Waals surface area contributed by atoms with Crippen molar-refractivity contribution in [3.63, 3.8) is 0 Å². The highest BCUT2D eigenvalue weighted by molar-refractivity contribution is 5.79. The lowest BCUT2D eigenvalue weighted by atomic mass is 10.2. The minimum absolute atomic E-state index is 0.827. The van der Waals surface area contributed by atoms with Crippen molar-refractivity contribution in [3.8, 4) is 0 Å². The average molecular weight is 148 g/mol. The predicted molar refractivity (Wildman–Crippen MR) is 41.3 cm³/mol. The third kappa shape index (κ3) is 0.888. The van der Waals surface area contributed by atoms with Crippen LogP contribution in [0.5, 0.6) is 0 Å². The van der Waals surface area contributed by atoms with E-state index in [0.717, 1.165) is 22.4 Å². The molecule has 0 spiro atoms. The van der Waals surface area contributed by atoms with Crippen LogP contribution in [-0.4, -0.2) is 10.1 Å². The summed E-state index contributed by atoms with van der Waals surface area (Å²) in [6, 6.07) is 1.97. The number of rotatable bonds is 0. The monoisotopic (exact) mass is 148 g/mol. The highest BCUT2D eigenvalue weighted by Crippen LogP contribution is 2.16. The van der Waals surface area contributed by atoms with Crippen LogP contribution in [0.1, 0.15) is 11.5 Å². The maximum Gasteiger partial charge on any atom is 0.141 e. The summed E-state index contributed by atoms with van der Waals surface area (Å²) in [7, 11) is 0. The van der Waals surface area contributed by atoms with Crippen LogP contribution in [0.3, 0.4) is 0 Å². The Morgan fingerprint density at radius 2 is 2.18 bits per heavy atom. The summed E-state index contributed by atoms with van der Waals surface area (Å²) in [5.74, 6) is 0.852. The number of hydrogen-bond acceptors (Lipinski definition) is 3. The zero-order chi connectivity index (χ0) is 7.84. The first kappa shape index (κ1) is 6.34. The molecule has 0 bridgehead atoms. The number of hydrogen-bond donors (Lipinski definition) is 0. The summed E-state index contributed by atoms with van der Waals surface area (Å²) in [5, 5.41) is 4.88. The van der Waals surface area contributed by atoms with Gasteiger partial charge in [-0.2, -0.15) is 0 Å². The van der Waals surface area contributed by atoms with E-state index in [1.807, 2.05) is 19.9 Å². The lowest BCUT2D eigenvalue weighted by Gasteiger charge is -1.88. The van der Waals surface area contributed by atoms with Crippen LogP contribution in [0.2, 0.25) is 0 Å². The molecule has 0 N–H and O–H groups in total.